The van der Waals surface area contributed by atoms with Crippen molar-refractivity contribution in [3.05, 3.63) is 33.2 Å². The minimum atomic E-state index is -5.74. The minimum Gasteiger partial charge on any atom is -0.385 e. The second-order valence-corrected chi connectivity index (χ2v) is 17.7. The molecule has 0 aromatic carbocycles. The van der Waals surface area contributed by atoms with Gasteiger partial charge in [0.15, 0.2) is 5.52 Å². The summed E-state index contributed by atoms with van der Waals surface area (Å²) < 4.78 is 60.2. The molecule has 2 aromatic rings. The molecule has 0 spiro atoms. The summed E-state index contributed by atoms with van der Waals surface area (Å²) in [4.78, 5) is 70.3. The van der Waals surface area contributed by atoms with Crippen LogP contribution in [0.2, 0.25) is 0 Å². The first kappa shape index (κ1) is 39.5. The maximum Gasteiger partial charge on any atom is 0.490 e. The first-order valence-electron chi connectivity index (χ1n) is 13.3. The number of nitrogens with zero attached hydrogens (tertiary/aromatic N) is 5. The van der Waals surface area contributed by atoms with Crippen molar-refractivity contribution < 1.29 is 60.7 Å². The van der Waals surface area contributed by atoms with Gasteiger partial charge in [0, 0.05) is 41.7 Å². The number of nitrogens with one attached hydrogen (secondary N) is 2. The molecule has 1 saturated heterocycles. The molecule has 1 aliphatic heterocycles. The molecule has 3 unspecified atom stereocenters. The molecule has 5 atom stereocenters. The van der Waals surface area contributed by atoms with E-state index in [9.17, 15) is 33.1 Å². The number of aromatic nitrogens is 3. The lowest BCUT2D eigenvalue weighted by Crippen LogP contribution is -2.35. The largest absolute Gasteiger partial charge is 0.490 e. The van der Waals surface area contributed by atoms with E-state index in [1.54, 1.807) is 0 Å². The van der Waals surface area contributed by atoms with Crippen LogP contribution in [0.3, 0.4) is 0 Å². The Morgan fingerprint density at radius 3 is 2.70 bits per heavy atom. The number of amides is 1. The number of nitrogen functional groups attached to an aromatic ring is 1. The van der Waals surface area contributed by atoms with Gasteiger partial charge < -0.3 is 49.6 Å². The van der Waals surface area contributed by atoms with E-state index in [1.807, 2.05) is 13.8 Å². The summed E-state index contributed by atoms with van der Waals surface area (Å²) in [5.41, 5.74) is 13.9. The normalized spacial score (nSPS) is 21.2. The summed E-state index contributed by atoms with van der Waals surface area (Å²) in [5.74, 6) is -0.0886. The zero-order valence-electron chi connectivity index (χ0n) is 24.7. The Hall–Kier alpha value is -1.97. The van der Waals surface area contributed by atoms with Gasteiger partial charge in [0.1, 0.15) is 24.1 Å². The van der Waals surface area contributed by atoms with E-state index in [1.165, 1.54) is 38.5 Å². The predicted molar refractivity (Wildman–Crippen MR) is 168 cm³/mol. The molecule has 1 amide bonds. The number of phosphoric acid groups is 3. The fourth-order valence-electron chi connectivity index (χ4n) is 4.04. The van der Waals surface area contributed by atoms with E-state index in [0.29, 0.717) is 18.5 Å². The van der Waals surface area contributed by atoms with Gasteiger partial charge in [-0.1, -0.05) is 26.7 Å². The maximum absolute atomic E-state index is 12.3. The Labute approximate surface area is 273 Å². The number of hydrogen-bond donors (Lipinski definition) is 7. The van der Waals surface area contributed by atoms with E-state index in [-0.39, 0.29) is 42.6 Å². The van der Waals surface area contributed by atoms with Crippen LogP contribution < -0.4 is 16.6 Å². The smallest absolute Gasteiger partial charge is 0.385 e. The molecule has 3 rings (SSSR count). The zero-order valence-corrected chi connectivity index (χ0v) is 29.0. The van der Waals surface area contributed by atoms with Gasteiger partial charge >= 0.3 is 23.5 Å². The highest BCUT2D eigenvalue weighted by atomic mass is 33.1. The number of carbonyl (C=O) groups is 1. The number of imidazole rings is 1. The molecule has 47 heavy (non-hydrogen) atoms. The van der Waals surface area contributed by atoms with Crippen molar-refractivity contribution >= 4 is 67.8 Å². The van der Waals surface area contributed by atoms with Crippen LogP contribution in [0, 0.1) is 0 Å². The third kappa shape index (κ3) is 13.1. The number of ether oxygens (including phenoxy) is 2. The molecule has 0 radical (unpaired) electrons. The van der Waals surface area contributed by atoms with Crippen LogP contribution in [-0.4, -0.2) is 82.6 Å². The number of pyridine rings is 1. The van der Waals surface area contributed by atoms with Crippen LogP contribution >= 0.6 is 45.1 Å². The average Bonchev–Trinajstić information content (AvgIpc) is 3.53. The van der Waals surface area contributed by atoms with Gasteiger partial charge in [0.05, 0.1) is 24.6 Å². The number of azide groups is 1. The molecule has 3 heterocycles. The molecule has 27 heteroatoms. The molecule has 8 N–H and O–H groups in total. The minimum absolute atomic E-state index is 0.0536. The Morgan fingerprint density at radius 1 is 1.30 bits per heavy atom. The van der Waals surface area contributed by atoms with E-state index in [0.717, 1.165) is 0 Å². The number of fused-ring (bicyclic) bond motifs is 1. The van der Waals surface area contributed by atoms with Crippen LogP contribution in [0.5, 0.6) is 0 Å². The van der Waals surface area contributed by atoms with Crippen LogP contribution in [0.1, 0.15) is 39.3 Å². The quantitative estimate of drug-likeness (QED) is 0.0205. The molecule has 1 aliphatic rings. The molecular formula is C20H33N8O14P3S2. The summed E-state index contributed by atoms with van der Waals surface area (Å²) in [7, 11) is -14.1. The van der Waals surface area contributed by atoms with Crippen molar-refractivity contribution in [2.24, 2.45) is 5.11 Å². The van der Waals surface area contributed by atoms with Gasteiger partial charge in [-0.05, 0) is 25.8 Å². The lowest BCUT2D eigenvalue weighted by molar-refractivity contribution is -0.121. The molecule has 264 valence electrons. The summed E-state index contributed by atoms with van der Waals surface area (Å²) in [6, 6.07) is 1.45. The van der Waals surface area contributed by atoms with Crippen molar-refractivity contribution in [1.82, 2.24) is 19.9 Å². The Kier molecular flexibility index (Phi) is 14.0. The van der Waals surface area contributed by atoms with Gasteiger partial charge in [0.2, 0.25) is 5.91 Å². The second kappa shape index (κ2) is 16.6. The number of carbonyl (C=O) groups excluding carboxylic acids is 1. The topological polar surface area (TPSA) is 333 Å². The number of anilines is 1. The van der Waals surface area contributed by atoms with Crippen molar-refractivity contribution in [2.75, 3.05) is 31.4 Å². The SMILES string of the molecule is CC(C)(CNC(=O)CCCN=[N+]=[N-])SSCOC1C[C@H](n2cnc3c(=O)[nH]c(N)cc32)O[C@@H]1COP(=O)(O)OP(=O)(O)OP(=O)(O)O. The third-order valence-electron chi connectivity index (χ3n) is 5.96. The molecule has 22 nitrogen and oxygen atoms in total. The van der Waals surface area contributed by atoms with E-state index >= 15 is 0 Å². The molecule has 0 bridgehead atoms. The first-order chi connectivity index (χ1) is 21.8. The standard InChI is InChI=1S/C20H33N8O14P3S2/c1-20(2,9-23-16(29)4-3-5-25-27-22)47-46-11-38-13-7-17(28-10-24-18-12(28)6-15(21)26-19(18)30)40-14(13)8-39-44(34,35)42-45(36,37)41-43(31,32)33/h6,10,13-14,17H,3-5,7-9,11H2,1-2H3,(H,23,29)(H,34,35)(H,36,37)(H3,21,26,30)(H2,31,32,33)/t13?,14-,17-/m1/s1. The van der Waals surface area contributed by atoms with Crippen molar-refractivity contribution in [1.29, 1.82) is 0 Å². The molecule has 1 fully saturated rings. The highest BCUT2D eigenvalue weighted by Crippen LogP contribution is 2.66. The molecule has 0 aliphatic carbocycles. The summed E-state index contributed by atoms with van der Waals surface area (Å²) in [6.45, 7) is 3.55. The summed E-state index contributed by atoms with van der Waals surface area (Å²) in [6.07, 6.45) is -0.774. The van der Waals surface area contributed by atoms with Gasteiger partial charge in [-0.2, -0.15) is 8.62 Å². The highest BCUT2D eigenvalue weighted by molar-refractivity contribution is 8.77. The zero-order chi connectivity index (χ0) is 35.0. The fourth-order valence-corrected chi connectivity index (χ4v) is 9.25. The Morgan fingerprint density at radius 2 is 2.02 bits per heavy atom. The fraction of sp³-hybridized carbons (Fsp3) is 0.650. The number of rotatable bonds is 19. The van der Waals surface area contributed by atoms with E-state index in [2.05, 4.69) is 33.9 Å². The lowest BCUT2D eigenvalue weighted by atomic mass is 10.2. The molecule has 2 aromatic heterocycles. The number of aromatic amines is 1. The van der Waals surface area contributed by atoms with Crippen molar-refractivity contribution in [3.8, 4) is 0 Å². The Bertz CT molecular complexity index is 1660. The lowest BCUT2D eigenvalue weighted by Gasteiger charge is -2.24. The van der Waals surface area contributed by atoms with Crippen LogP contribution in [0.25, 0.3) is 21.5 Å². The van der Waals surface area contributed by atoms with Crippen molar-refractivity contribution in [2.45, 2.75) is 56.3 Å². The van der Waals surface area contributed by atoms with E-state index in [4.69, 9.17) is 35.0 Å². The number of nitrogens with two attached hydrogens (primary N) is 1. The average molecular weight is 767 g/mol. The number of H-pyrrole nitrogens is 1. The van der Waals surface area contributed by atoms with Crippen LogP contribution in [-0.2, 0) is 41.1 Å². The van der Waals surface area contributed by atoms with E-state index < -0.39 is 58.8 Å². The number of phosphoric ester groups is 1. The third-order valence-corrected chi connectivity index (χ3v) is 12.7. The summed E-state index contributed by atoms with van der Waals surface area (Å²) >= 11 is 0. The number of hydrogen-bond acceptors (Lipinski definition) is 15. The van der Waals surface area contributed by atoms with Gasteiger partial charge in [-0.25, -0.2) is 18.7 Å². The first-order valence-corrected chi connectivity index (χ1v) is 20.1. The monoisotopic (exact) mass is 766 g/mol. The van der Waals surface area contributed by atoms with Gasteiger partial charge in [0.25, 0.3) is 5.56 Å². The maximum atomic E-state index is 12.3. The Balaban J connectivity index is 1.64. The molecule has 0 saturated carbocycles. The van der Waals surface area contributed by atoms with Crippen LogP contribution in [0.4, 0.5) is 5.82 Å². The van der Waals surface area contributed by atoms with Crippen LogP contribution in [0.15, 0.2) is 22.3 Å². The van der Waals surface area contributed by atoms with Gasteiger partial charge in [-0.3, -0.25) is 14.1 Å². The summed E-state index contributed by atoms with van der Waals surface area (Å²) in [5, 5.41) is 6.20. The second-order valence-electron chi connectivity index (χ2n) is 10.3. The predicted octanol–water partition coefficient (Wildman–Crippen LogP) is 2.65. The van der Waals surface area contributed by atoms with Crippen molar-refractivity contribution in [3.63, 3.8) is 0 Å². The van der Waals surface area contributed by atoms with Gasteiger partial charge in [-0.15, -0.1) is 0 Å². The highest BCUT2D eigenvalue weighted by Gasteiger charge is 2.43. The molecular weight excluding hydrogens is 733 g/mol.